The Labute approximate surface area is 191 Å². The van der Waals surface area contributed by atoms with Gasteiger partial charge in [0, 0.05) is 42.7 Å². The average molecular weight is 429 g/mol. The molecule has 32 heavy (non-hydrogen) atoms. The average Bonchev–Trinajstić information content (AvgIpc) is 2.85. The van der Waals surface area contributed by atoms with Crippen LogP contribution >= 0.6 is 0 Å². The minimum atomic E-state index is 0.110. The van der Waals surface area contributed by atoms with E-state index in [0.29, 0.717) is 5.92 Å². The summed E-state index contributed by atoms with van der Waals surface area (Å²) in [5.41, 5.74) is 5.72. The van der Waals surface area contributed by atoms with E-state index < -0.39 is 0 Å². The zero-order valence-electron chi connectivity index (χ0n) is 19.1. The Morgan fingerprint density at radius 1 is 0.938 bits per heavy atom. The normalized spacial score (nSPS) is 15.4. The molecule has 166 valence electrons. The van der Waals surface area contributed by atoms with E-state index in [2.05, 4.69) is 65.4 Å². The predicted octanol–water partition coefficient (Wildman–Crippen LogP) is 6.25. The molecule has 1 saturated heterocycles. The maximum atomic E-state index is 11.8. The molecule has 1 fully saturated rings. The summed E-state index contributed by atoms with van der Waals surface area (Å²) in [6.45, 7) is 5.54. The van der Waals surface area contributed by atoms with Crippen LogP contribution in [0.25, 0.3) is 22.5 Å². The van der Waals surface area contributed by atoms with Gasteiger partial charge in [-0.15, -0.1) is 0 Å². The first kappa shape index (κ1) is 22.3. The summed E-state index contributed by atoms with van der Waals surface area (Å²) in [4.78, 5) is 21.1. The van der Waals surface area contributed by atoms with Crippen LogP contribution in [0.1, 0.15) is 56.6 Å². The number of Topliss-reactive ketones (excluding diaryl/α,β-unsaturated/α-hetero) is 1. The maximum absolute atomic E-state index is 11.8. The van der Waals surface area contributed by atoms with E-state index in [4.69, 9.17) is 4.74 Å². The van der Waals surface area contributed by atoms with Crippen molar-refractivity contribution in [3.05, 3.63) is 72.1 Å². The van der Waals surface area contributed by atoms with Crippen LogP contribution in [0.15, 0.2) is 60.9 Å². The molecule has 1 aromatic heterocycles. The number of hydrogen-bond donors (Lipinski definition) is 0. The van der Waals surface area contributed by atoms with E-state index in [1.807, 2.05) is 12.4 Å². The number of hydrogen-bond acceptors (Lipinski definition) is 4. The van der Waals surface area contributed by atoms with Gasteiger partial charge in [-0.3, -0.25) is 4.79 Å². The summed E-state index contributed by atoms with van der Waals surface area (Å²) in [6, 6.07) is 17.1. The Hall–Kier alpha value is -2.85. The standard InChI is InChI=1S/C28H32N2O2/c1-3-4-26(20(2)31)17-21-5-7-25(8-6-21)28-29-18-27(19-30-28)23-11-9-22(10-12-23)24-13-15-32-16-14-24/h5-12,18-19,24,26H,3-4,13-17H2,1-2H3. The fraction of sp³-hybridized carbons (Fsp3) is 0.393. The molecule has 1 aliphatic heterocycles. The third kappa shape index (κ3) is 5.49. The Bertz CT molecular complexity index is 1000. The van der Waals surface area contributed by atoms with Crippen LogP contribution in [0.4, 0.5) is 0 Å². The van der Waals surface area contributed by atoms with E-state index in [-0.39, 0.29) is 11.7 Å². The van der Waals surface area contributed by atoms with E-state index in [0.717, 1.165) is 67.8 Å². The van der Waals surface area contributed by atoms with E-state index in [1.165, 1.54) is 11.1 Å². The Balaban J connectivity index is 1.42. The number of nitrogens with zero attached hydrogens (tertiary/aromatic N) is 2. The molecule has 3 aromatic rings. The van der Waals surface area contributed by atoms with Gasteiger partial charge in [-0.1, -0.05) is 61.9 Å². The van der Waals surface area contributed by atoms with Crippen molar-refractivity contribution in [2.24, 2.45) is 5.92 Å². The molecule has 0 N–H and O–H groups in total. The van der Waals surface area contributed by atoms with Crippen molar-refractivity contribution in [3.63, 3.8) is 0 Å². The summed E-state index contributed by atoms with van der Waals surface area (Å²) in [6.07, 6.45) is 8.76. The van der Waals surface area contributed by atoms with Gasteiger partial charge >= 0.3 is 0 Å². The van der Waals surface area contributed by atoms with Gasteiger partial charge in [-0.2, -0.15) is 0 Å². The molecule has 0 spiro atoms. The minimum Gasteiger partial charge on any atom is -0.381 e. The van der Waals surface area contributed by atoms with Gasteiger partial charge in [0.1, 0.15) is 5.78 Å². The molecule has 0 radical (unpaired) electrons. The fourth-order valence-electron chi connectivity index (χ4n) is 4.48. The molecule has 2 heterocycles. The summed E-state index contributed by atoms with van der Waals surface area (Å²) >= 11 is 0. The monoisotopic (exact) mass is 428 g/mol. The van der Waals surface area contributed by atoms with Gasteiger partial charge in [-0.25, -0.2) is 9.97 Å². The summed E-state index contributed by atoms with van der Waals surface area (Å²) in [7, 11) is 0. The van der Waals surface area contributed by atoms with Gasteiger partial charge in [0.05, 0.1) is 0 Å². The molecule has 0 amide bonds. The van der Waals surface area contributed by atoms with Crippen molar-refractivity contribution in [2.75, 3.05) is 13.2 Å². The van der Waals surface area contributed by atoms with Crippen LogP contribution in [0.5, 0.6) is 0 Å². The van der Waals surface area contributed by atoms with Gasteiger partial charge in [-0.05, 0) is 55.2 Å². The highest BCUT2D eigenvalue weighted by atomic mass is 16.5. The van der Waals surface area contributed by atoms with Crippen molar-refractivity contribution in [2.45, 2.75) is 51.9 Å². The third-order valence-corrected chi connectivity index (χ3v) is 6.49. The van der Waals surface area contributed by atoms with Crippen LogP contribution < -0.4 is 0 Å². The number of benzene rings is 2. The van der Waals surface area contributed by atoms with Crippen molar-refractivity contribution < 1.29 is 9.53 Å². The molecule has 4 heteroatoms. The lowest BCUT2D eigenvalue weighted by Gasteiger charge is -2.22. The van der Waals surface area contributed by atoms with E-state index >= 15 is 0 Å². The van der Waals surface area contributed by atoms with Gasteiger partial charge in [0.15, 0.2) is 5.82 Å². The molecule has 1 unspecified atom stereocenters. The second-order valence-corrected chi connectivity index (χ2v) is 8.80. The van der Waals surface area contributed by atoms with Crippen molar-refractivity contribution in [1.82, 2.24) is 9.97 Å². The zero-order valence-corrected chi connectivity index (χ0v) is 19.1. The largest absolute Gasteiger partial charge is 0.381 e. The lowest BCUT2D eigenvalue weighted by molar-refractivity contribution is -0.120. The van der Waals surface area contributed by atoms with E-state index in [9.17, 15) is 4.79 Å². The molecule has 0 bridgehead atoms. The number of aromatic nitrogens is 2. The molecule has 1 atom stereocenters. The molecular weight excluding hydrogens is 396 g/mol. The fourth-order valence-corrected chi connectivity index (χ4v) is 4.48. The smallest absolute Gasteiger partial charge is 0.159 e. The topological polar surface area (TPSA) is 52.1 Å². The molecule has 4 nitrogen and oxygen atoms in total. The number of ether oxygens (including phenoxy) is 1. The summed E-state index contributed by atoms with van der Waals surface area (Å²) < 4.78 is 5.47. The number of ketones is 1. The van der Waals surface area contributed by atoms with Crippen molar-refractivity contribution in [3.8, 4) is 22.5 Å². The molecular formula is C28H32N2O2. The van der Waals surface area contributed by atoms with Crippen LogP contribution in [0.2, 0.25) is 0 Å². The molecule has 0 aliphatic carbocycles. The third-order valence-electron chi connectivity index (χ3n) is 6.49. The van der Waals surface area contributed by atoms with Gasteiger partial charge in [0.2, 0.25) is 0 Å². The maximum Gasteiger partial charge on any atom is 0.159 e. The Morgan fingerprint density at radius 2 is 1.56 bits per heavy atom. The Kier molecular flexibility index (Phi) is 7.43. The predicted molar refractivity (Wildman–Crippen MR) is 128 cm³/mol. The van der Waals surface area contributed by atoms with Crippen LogP contribution in [0.3, 0.4) is 0 Å². The first-order chi connectivity index (χ1) is 15.6. The van der Waals surface area contributed by atoms with Crippen LogP contribution in [-0.2, 0) is 16.0 Å². The van der Waals surface area contributed by atoms with Crippen LogP contribution in [0, 0.1) is 5.92 Å². The highest BCUT2D eigenvalue weighted by Gasteiger charge is 2.16. The van der Waals surface area contributed by atoms with Crippen LogP contribution in [-0.4, -0.2) is 29.0 Å². The number of carbonyl (C=O) groups excluding carboxylic acids is 1. The van der Waals surface area contributed by atoms with Gasteiger partial charge in [0.25, 0.3) is 0 Å². The highest BCUT2D eigenvalue weighted by molar-refractivity contribution is 5.78. The molecule has 1 aliphatic rings. The SMILES string of the molecule is CCCC(Cc1ccc(-c2ncc(-c3ccc(C4CCOCC4)cc3)cn2)cc1)C(C)=O. The number of carbonyl (C=O) groups is 1. The van der Waals surface area contributed by atoms with E-state index in [1.54, 1.807) is 6.92 Å². The molecule has 0 saturated carbocycles. The molecule has 4 rings (SSSR count). The second-order valence-electron chi connectivity index (χ2n) is 8.80. The second kappa shape index (κ2) is 10.6. The molecule has 2 aromatic carbocycles. The zero-order chi connectivity index (χ0) is 22.3. The summed E-state index contributed by atoms with van der Waals surface area (Å²) in [5, 5.41) is 0. The summed E-state index contributed by atoms with van der Waals surface area (Å²) in [5.74, 6) is 1.71. The minimum absolute atomic E-state index is 0.110. The lowest BCUT2D eigenvalue weighted by Crippen LogP contribution is -2.13. The quantitative estimate of drug-likeness (QED) is 0.425. The Morgan fingerprint density at radius 3 is 2.16 bits per heavy atom. The first-order valence-corrected chi connectivity index (χ1v) is 11.7. The van der Waals surface area contributed by atoms with Crippen molar-refractivity contribution in [1.29, 1.82) is 0 Å². The first-order valence-electron chi connectivity index (χ1n) is 11.7. The van der Waals surface area contributed by atoms with Gasteiger partial charge < -0.3 is 4.74 Å². The number of rotatable bonds is 8. The van der Waals surface area contributed by atoms with Crippen molar-refractivity contribution >= 4 is 5.78 Å². The lowest BCUT2D eigenvalue weighted by atomic mass is 9.91. The highest BCUT2D eigenvalue weighted by Crippen LogP contribution is 2.29.